The minimum Gasteiger partial charge on any atom is -0.461 e. The number of carbonyl (C=O) groups is 1. The summed E-state index contributed by atoms with van der Waals surface area (Å²) < 4.78 is 5.69. The Hall–Kier alpha value is -2.81. The minimum absolute atomic E-state index is 0.129. The fraction of sp³-hybridized carbons (Fsp3) is 0.105. The first-order valence-electron chi connectivity index (χ1n) is 7.17. The zero-order valence-electron chi connectivity index (χ0n) is 12.6. The van der Waals surface area contributed by atoms with Crippen molar-refractivity contribution >= 4 is 11.6 Å². The van der Waals surface area contributed by atoms with E-state index in [2.05, 4.69) is 5.32 Å². The molecule has 0 saturated heterocycles. The van der Waals surface area contributed by atoms with Gasteiger partial charge in [0.2, 0.25) is 0 Å². The second-order valence-electron chi connectivity index (χ2n) is 5.28. The van der Waals surface area contributed by atoms with Crippen molar-refractivity contribution in [3.8, 4) is 11.3 Å². The number of hydrogen-bond acceptors (Lipinski definition) is 2. The summed E-state index contributed by atoms with van der Waals surface area (Å²) >= 11 is 0. The molecule has 0 bridgehead atoms. The Morgan fingerprint density at radius 3 is 2.41 bits per heavy atom. The predicted molar refractivity (Wildman–Crippen MR) is 88.0 cm³/mol. The first-order valence-corrected chi connectivity index (χ1v) is 7.17. The number of nitrogens with one attached hydrogen (secondary N) is 1. The third kappa shape index (κ3) is 2.93. The number of furan rings is 1. The molecule has 0 fully saturated rings. The van der Waals surface area contributed by atoms with Crippen molar-refractivity contribution in [3.63, 3.8) is 0 Å². The van der Waals surface area contributed by atoms with Gasteiger partial charge in [0.25, 0.3) is 5.91 Å². The summed E-state index contributed by atoms with van der Waals surface area (Å²) in [4.78, 5) is 12.4. The van der Waals surface area contributed by atoms with Crippen molar-refractivity contribution in [2.75, 3.05) is 5.32 Å². The van der Waals surface area contributed by atoms with E-state index in [-0.39, 0.29) is 5.91 Å². The fourth-order valence-electron chi connectivity index (χ4n) is 2.34. The highest BCUT2D eigenvalue weighted by Gasteiger charge is 2.12. The summed E-state index contributed by atoms with van der Waals surface area (Å²) in [6.07, 6.45) is 0. The summed E-state index contributed by atoms with van der Waals surface area (Å²) in [7, 11) is 0. The summed E-state index contributed by atoms with van der Waals surface area (Å²) in [5.74, 6) is 1.47. The molecule has 0 aliphatic heterocycles. The van der Waals surface area contributed by atoms with Crippen LogP contribution in [0.3, 0.4) is 0 Å². The predicted octanol–water partition coefficient (Wildman–Crippen LogP) is 4.82. The molecule has 0 aliphatic carbocycles. The molecule has 2 aromatic carbocycles. The van der Waals surface area contributed by atoms with E-state index in [1.165, 1.54) is 0 Å². The number of hydrogen-bond donors (Lipinski definition) is 1. The Labute approximate surface area is 129 Å². The molecule has 0 spiro atoms. The van der Waals surface area contributed by atoms with Gasteiger partial charge in [-0.2, -0.15) is 0 Å². The third-order valence-electron chi connectivity index (χ3n) is 3.47. The largest absolute Gasteiger partial charge is 0.461 e. The van der Waals surface area contributed by atoms with Gasteiger partial charge in [-0.25, -0.2) is 0 Å². The average molecular weight is 291 g/mol. The highest BCUT2D eigenvalue weighted by Crippen LogP contribution is 2.30. The van der Waals surface area contributed by atoms with Crippen LogP contribution in [0.15, 0.2) is 65.1 Å². The van der Waals surface area contributed by atoms with Crippen molar-refractivity contribution in [2.45, 2.75) is 13.8 Å². The highest BCUT2D eigenvalue weighted by molar-refractivity contribution is 6.06. The van der Waals surface area contributed by atoms with Gasteiger partial charge >= 0.3 is 0 Å². The summed E-state index contributed by atoms with van der Waals surface area (Å²) in [5, 5.41) is 2.98. The lowest BCUT2D eigenvalue weighted by atomic mass is 10.1. The quantitative estimate of drug-likeness (QED) is 0.752. The van der Waals surface area contributed by atoms with Crippen LogP contribution in [0.2, 0.25) is 0 Å². The van der Waals surface area contributed by atoms with Crippen LogP contribution in [-0.4, -0.2) is 5.91 Å². The molecule has 1 heterocycles. The topological polar surface area (TPSA) is 42.2 Å². The van der Waals surface area contributed by atoms with E-state index in [1.54, 1.807) is 12.1 Å². The Morgan fingerprint density at radius 2 is 1.73 bits per heavy atom. The average Bonchev–Trinajstić information content (AvgIpc) is 2.94. The van der Waals surface area contributed by atoms with E-state index in [1.807, 2.05) is 62.4 Å². The molecule has 3 nitrogen and oxygen atoms in total. The SMILES string of the molecule is Cc1ccc(-c2ccc(C)o2)c(NC(=O)c2ccccc2)c1. The molecule has 0 unspecified atom stereocenters. The molecule has 3 rings (SSSR count). The maximum absolute atomic E-state index is 12.4. The third-order valence-corrected chi connectivity index (χ3v) is 3.47. The number of carbonyl (C=O) groups excluding carboxylic acids is 1. The Balaban J connectivity index is 1.96. The first kappa shape index (κ1) is 14.1. The maximum atomic E-state index is 12.4. The van der Waals surface area contributed by atoms with Gasteiger partial charge in [-0.3, -0.25) is 4.79 Å². The summed E-state index contributed by atoms with van der Waals surface area (Å²) in [6.45, 7) is 3.90. The van der Waals surface area contributed by atoms with Gasteiger partial charge in [0.05, 0.1) is 5.69 Å². The lowest BCUT2D eigenvalue weighted by Crippen LogP contribution is -2.12. The van der Waals surface area contributed by atoms with Crippen LogP contribution in [0.1, 0.15) is 21.7 Å². The van der Waals surface area contributed by atoms with Gasteiger partial charge in [0, 0.05) is 11.1 Å². The number of aryl methyl sites for hydroxylation is 2. The Kier molecular flexibility index (Phi) is 3.79. The lowest BCUT2D eigenvalue weighted by Gasteiger charge is -2.11. The van der Waals surface area contributed by atoms with Gasteiger partial charge < -0.3 is 9.73 Å². The number of amides is 1. The smallest absolute Gasteiger partial charge is 0.255 e. The van der Waals surface area contributed by atoms with Crippen LogP contribution in [0.5, 0.6) is 0 Å². The number of rotatable bonds is 3. The van der Waals surface area contributed by atoms with E-state index in [9.17, 15) is 4.79 Å². The first-order chi connectivity index (χ1) is 10.6. The molecule has 0 atom stereocenters. The molecular formula is C19H17NO2. The summed E-state index contributed by atoms with van der Waals surface area (Å²) in [6, 6.07) is 18.9. The van der Waals surface area contributed by atoms with Crippen LogP contribution >= 0.6 is 0 Å². The molecule has 1 amide bonds. The molecule has 110 valence electrons. The molecule has 0 radical (unpaired) electrons. The van der Waals surface area contributed by atoms with Crippen molar-refractivity contribution in [1.29, 1.82) is 0 Å². The lowest BCUT2D eigenvalue weighted by molar-refractivity contribution is 0.102. The van der Waals surface area contributed by atoms with E-state index in [0.29, 0.717) is 5.56 Å². The molecule has 1 aromatic heterocycles. The fourth-order valence-corrected chi connectivity index (χ4v) is 2.34. The zero-order valence-corrected chi connectivity index (χ0v) is 12.6. The molecule has 0 saturated carbocycles. The van der Waals surface area contributed by atoms with Crippen LogP contribution < -0.4 is 5.32 Å². The number of anilines is 1. The Morgan fingerprint density at radius 1 is 0.955 bits per heavy atom. The van der Waals surface area contributed by atoms with Crippen LogP contribution in [0.4, 0.5) is 5.69 Å². The van der Waals surface area contributed by atoms with Crippen LogP contribution in [0, 0.1) is 13.8 Å². The van der Waals surface area contributed by atoms with Crippen molar-refractivity contribution in [2.24, 2.45) is 0 Å². The summed E-state index contributed by atoms with van der Waals surface area (Å²) in [5.41, 5.74) is 3.34. The molecule has 22 heavy (non-hydrogen) atoms. The van der Waals surface area contributed by atoms with E-state index in [0.717, 1.165) is 28.3 Å². The minimum atomic E-state index is -0.129. The molecule has 3 aromatic rings. The van der Waals surface area contributed by atoms with Gasteiger partial charge in [0.15, 0.2) is 0 Å². The van der Waals surface area contributed by atoms with Gasteiger partial charge in [-0.05, 0) is 55.8 Å². The zero-order chi connectivity index (χ0) is 15.5. The van der Waals surface area contributed by atoms with Crippen LogP contribution in [-0.2, 0) is 0 Å². The second-order valence-corrected chi connectivity index (χ2v) is 5.28. The monoisotopic (exact) mass is 291 g/mol. The van der Waals surface area contributed by atoms with Crippen LogP contribution in [0.25, 0.3) is 11.3 Å². The molecule has 0 aliphatic rings. The van der Waals surface area contributed by atoms with E-state index < -0.39 is 0 Å². The second kappa shape index (κ2) is 5.90. The van der Waals surface area contributed by atoms with Crippen molar-refractivity contribution in [3.05, 3.63) is 77.6 Å². The standard InChI is InChI=1S/C19H17NO2/c1-13-8-10-16(18-11-9-14(2)22-18)17(12-13)20-19(21)15-6-4-3-5-7-15/h3-12H,1-2H3,(H,20,21). The normalized spacial score (nSPS) is 10.5. The molecular weight excluding hydrogens is 274 g/mol. The highest BCUT2D eigenvalue weighted by atomic mass is 16.3. The van der Waals surface area contributed by atoms with E-state index in [4.69, 9.17) is 4.42 Å². The van der Waals surface area contributed by atoms with Crippen molar-refractivity contribution in [1.82, 2.24) is 0 Å². The van der Waals surface area contributed by atoms with Gasteiger partial charge in [-0.1, -0.05) is 24.3 Å². The van der Waals surface area contributed by atoms with Crippen molar-refractivity contribution < 1.29 is 9.21 Å². The van der Waals surface area contributed by atoms with Gasteiger partial charge in [0.1, 0.15) is 11.5 Å². The maximum Gasteiger partial charge on any atom is 0.255 e. The number of benzene rings is 2. The molecule has 3 heteroatoms. The Bertz CT molecular complexity index is 803. The molecule has 1 N–H and O–H groups in total. The van der Waals surface area contributed by atoms with E-state index >= 15 is 0 Å². The van der Waals surface area contributed by atoms with Gasteiger partial charge in [-0.15, -0.1) is 0 Å².